The van der Waals surface area contributed by atoms with Crippen molar-refractivity contribution in [2.45, 2.75) is 37.9 Å². The van der Waals surface area contributed by atoms with Crippen LogP contribution in [0.25, 0.3) is 0 Å². The van der Waals surface area contributed by atoms with E-state index < -0.39 is 18.6 Å². The predicted molar refractivity (Wildman–Crippen MR) is 70.6 cm³/mol. The highest BCUT2D eigenvalue weighted by atomic mass is 19.4. The van der Waals surface area contributed by atoms with E-state index in [1.165, 1.54) is 6.92 Å². The molecule has 2 N–H and O–H groups in total. The standard InChI is InChI=1S/C14H17F3N2O/c1-9(8-14(15,16)17)19-13(20)11-6-7-18-12-5-3-2-4-10(11)12/h2-5,9,11,18H,6-8H2,1H3,(H,19,20). The maximum absolute atomic E-state index is 12.3. The molecule has 1 aromatic carbocycles. The van der Waals surface area contributed by atoms with Gasteiger partial charge in [0.1, 0.15) is 0 Å². The summed E-state index contributed by atoms with van der Waals surface area (Å²) in [4.78, 5) is 12.2. The molecule has 1 aromatic rings. The lowest BCUT2D eigenvalue weighted by Crippen LogP contribution is -2.40. The Labute approximate surface area is 115 Å². The van der Waals surface area contributed by atoms with Crippen molar-refractivity contribution in [2.75, 3.05) is 11.9 Å². The molecule has 0 saturated carbocycles. The molecule has 1 heterocycles. The first-order chi connectivity index (χ1) is 9.37. The third kappa shape index (κ3) is 3.65. The van der Waals surface area contributed by atoms with E-state index in [2.05, 4.69) is 10.6 Å². The number of halogens is 3. The minimum atomic E-state index is -4.27. The molecule has 110 valence electrons. The summed E-state index contributed by atoms with van der Waals surface area (Å²) < 4.78 is 36.8. The summed E-state index contributed by atoms with van der Waals surface area (Å²) in [5, 5.41) is 5.64. The van der Waals surface area contributed by atoms with E-state index in [4.69, 9.17) is 0 Å². The lowest BCUT2D eigenvalue weighted by Gasteiger charge is -2.27. The number of amides is 1. The van der Waals surface area contributed by atoms with Crippen molar-refractivity contribution >= 4 is 11.6 Å². The average molecular weight is 286 g/mol. The molecule has 2 atom stereocenters. The number of carbonyl (C=O) groups is 1. The molecule has 3 nitrogen and oxygen atoms in total. The number of hydrogen-bond donors (Lipinski definition) is 2. The molecule has 1 amide bonds. The highest BCUT2D eigenvalue weighted by Gasteiger charge is 2.32. The second-order valence-corrected chi connectivity index (χ2v) is 5.08. The fraction of sp³-hybridized carbons (Fsp3) is 0.500. The molecule has 0 aromatic heterocycles. The number of alkyl halides is 3. The molecule has 0 fully saturated rings. The largest absolute Gasteiger partial charge is 0.391 e. The number of nitrogens with one attached hydrogen (secondary N) is 2. The zero-order valence-electron chi connectivity index (χ0n) is 11.1. The van der Waals surface area contributed by atoms with Crippen LogP contribution in [0.2, 0.25) is 0 Å². The first-order valence-electron chi connectivity index (χ1n) is 6.57. The Morgan fingerprint density at radius 1 is 1.45 bits per heavy atom. The van der Waals surface area contributed by atoms with Crippen molar-refractivity contribution < 1.29 is 18.0 Å². The molecule has 0 aliphatic carbocycles. The highest BCUT2D eigenvalue weighted by molar-refractivity contribution is 5.86. The number of para-hydroxylation sites is 1. The van der Waals surface area contributed by atoms with Crippen LogP contribution < -0.4 is 10.6 Å². The number of anilines is 1. The predicted octanol–water partition coefficient (Wildman–Crippen LogP) is 3.04. The minimum absolute atomic E-state index is 0.337. The molecule has 6 heteroatoms. The maximum Gasteiger partial charge on any atom is 0.391 e. The maximum atomic E-state index is 12.3. The summed E-state index contributed by atoms with van der Waals surface area (Å²) in [6.07, 6.45) is -4.69. The van der Waals surface area contributed by atoms with E-state index in [0.29, 0.717) is 13.0 Å². The Kier molecular flexibility index (Phi) is 4.20. The summed E-state index contributed by atoms with van der Waals surface area (Å²) >= 11 is 0. The van der Waals surface area contributed by atoms with Crippen molar-refractivity contribution in [3.63, 3.8) is 0 Å². The molecule has 0 saturated heterocycles. The molecule has 20 heavy (non-hydrogen) atoms. The van der Waals surface area contributed by atoms with Crippen LogP contribution in [0.1, 0.15) is 31.2 Å². The average Bonchev–Trinajstić information content (AvgIpc) is 2.35. The van der Waals surface area contributed by atoms with E-state index in [9.17, 15) is 18.0 Å². The van der Waals surface area contributed by atoms with Gasteiger partial charge < -0.3 is 10.6 Å². The van der Waals surface area contributed by atoms with Gasteiger partial charge in [-0.25, -0.2) is 0 Å². The quantitative estimate of drug-likeness (QED) is 0.896. The minimum Gasteiger partial charge on any atom is -0.385 e. The van der Waals surface area contributed by atoms with E-state index in [1.807, 2.05) is 24.3 Å². The van der Waals surface area contributed by atoms with Gasteiger partial charge in [-0.15, -0.1) is 0 Å². The van der Waals surface area contributed by atoms with Crippen molar-refractivity contribution in [3.8, 4) is 0 Å². The first kappa shape index (κ1) is 14.7. The van der Waals surface area contributed by atoms with Crippen molar-refractivity contribution in [3.05, 3.63) is 29.8 Å². The van der Waals surface area contributed by atoms with Crippen LogP contribution in [-0.2, 0) is 4.79 Å². The van der Waals surface area contributed by atoms with Crippen LogP contribution in [-0.4, -0.2) is 24.7 Å². The lowest BCUT2D eigenvalue weighted by molar-refractivity contribution is -0.141. The van der Waals surface area contributed by atoms with Gasteiger partial charge in [-0.05, 0) is 25.0 Å². The fourth-order valence-corrected chi connectivity index (χ4v) is 2.48. The van der Waals surface area contributed by atoms with Gasteiger partial charge in [0.25, 0.3) is 0 Å². The normalized spacial score (nSPS) is 19.7. The molecule has 0 bridgehead atoms. The lowest BCUT2D eigenvalue weighted by atomic mass is 9.90. The molecule has 0 spiro atoms. The molecule has 1 aliphatic heterocycles. The number of hydrogen-bond acceptors (Lipinski definition) is 2. The molecule has 2 unspecified atom stereocenters. The van der Waals surface area contributed by atoms with Gasteiger partial charge >= 0.3 is 6.18 Å². The van der Waals surface area contributed by atoms with Crippen LogP contribution in [0, 0.1) is 0 Å². The zero-order valence-corrected chi connectivity index (χ0v) is 11.1. The highest BCUT2D eigenvalue weighted by Crippen LogP contribution is 2.31. The Morgan fingerprint density at radius 2 is 2.15 bits per heavy atom. The Bertz CT molecular complexity index is 488. The molecule has 1 aliphatic rings. The van der Waals surface area contributed by atoms with Crippen LogP contribution in [0.3, 0.4) is 0 Å². The molecule has 0 radical (unpaired) electrons. The van der Waals surface area contributed by atoms with Crippen molar-refractivity contribution in [1.82, 2.24) is 5.32 Å². The molecular formula is C14H17F3N2O. The van der Waals surface area contributed by atoms with Crippen LogP contribution in [0.4, 0.5) is 18.9 Å². The Balaban J connectivity index is 2.04. The van der Waals surface area contributed by atoms with Gasteiger partial charge in [-0.1, -0.05) is 18.2 Å². The first-order valence-corrected chi connectivity index (χ1v) is 6.57. The summed E-state index contributed by atoms with van der Waals surface area (Å²) in [6.45, 7) is 2.02. The van der Waals surface area contributed by atoms with Gasteiger partial charge in [0, 0.05) is 18.3 Å². The SMILES string of the molecule is CC(CC(F)(F)F)NC(=O)C1CCNc2ccccc21. The molecular weight excluding hydrogens is 269 g/mol. The van der Waals surface area contributed by atoms with Crippen LogP contribution in [0.5, 0.6) is 0 Å². The second-order valence-electron chi connectivity index (χ2n) is 5.08. The Morgan fingerprint density at radius 3 is 2.85 bits per heavy atom. The van der Waals surface area contributed by atoms with Crippen LogP contribution in [0.15, 0.2) is 24.3 Å². The number of rotatable bonds is 3. The van der Waals surface area contributed by atoms with Crippen LogP contribution >= 0.6 is 0 Å². The number of fused-ring (bicyclic) bond motifs is 1. The summed E-state index contributed by atoms with van der Waals surface area (Å²) in [5.41, 5.74) is 1.72. The third-order valence-electron chi connectivity index (χ3n) is 3.33. The van der Waals surface area contributed by atoms with Gasteiger partial charge in [0.15, 0.2) is 0 Å². The Hall–Kier alpha value is -1.72. The monoisotopic (exact) mass is 286 g/mol. The van der Waals surface area contributed by atoms with Gasteiger partial charge in [0.05, 0.1) is 12.3 Å². The number of carbonyl (C=O) groups excluding carboxylic acids is 1. The topological polar surface area (TPSA) is 41.1 Å². The van der Waals surface area contributed by atoms with Gasteiger partial charge in [-0.2, -0.15) is 13.2 Å². The van der Waals surface area contributed by atoms with E-state index >= 15 is 0 Å². The second kappa shape index (κ2) is 5.73. The van der Waals surface area contributed by atoms with E-state index in [0.717, 1.165) is 11.3 Å². The van der Waals surface area contributed by atoms with E-state index in [-0.39, 0.29) is 11.8 Å². The zero-order chi connectivity index (χ0) is 14.8. The summed E-state index contributed by atoms with van der Waals surface area (Å²) in [5.74, 6) is -0.723. The molecule has 2 rings (SSSR count). The summed E-state index contributed by atoms with van der Waals surface area (Å²) in [7, 11) is 0. The van der Waals surface area contributed by atoms with Crippen molar-refractivity contribution in [2.24, 2.45) is 0 Å². The fourth-order valence-electron chi connectivity index (χ4n) is 2.48. The number of benzene rings is 1. The summed E-state index contributed by atoms with van der Waals surface area (Å²) in [6, 6.07) is 6.47. The van der Waals surface area contributed by atoms with Gasteiger partial charge in [0.2, 0.25) is 5.91 Å². The van der Waals surface area contributed by atoms with Gasteiger partial charge in [-0.3, -0.25) is 4.79 Å². The smallest absolute Gasteiger partial charge is 0.385 e. The third-order valence-corrected chi connectivity index (χ3v) is 3.33. The van der Waals surface area contributed by atoms with E-state index in [1.54, 1.807) is 0 Å². The van der Waals surface area contributed by atoms with Crippen molar-refractivity contribution in [1.29, 1.82) is 0 Å².